The summed E-state index contributed by atoms with van der Waals surface area (Å²) in [7, 11) is 0. The number of hydrogen-bond acceptors (Lipinski definition) is 6. The highest BCUT2D eigenvalue weighted by Crippen LogP contribution is 2.23. The molecule has 3 heterocycles. The summed E-state index contributed by atoms with van der Waals surface area (Å²) in [5.41, 5.74) is 4.51. The quantitative estimate of drug-likeness (QED) is 0.211. The third-order valence-corrected chi connectivity index (χ3v) is 6.02. The molecule has 9 nitrogen and oxygen atoms in total. The Kier molecular flexibility index (Phi) is 6.27. The highest BCUT2D eigenvalue weighted by atomic mass is 32.1. The van der Waals surface area contributed by atoms with Crippen LogP contribution in [0.5, 0.6) is 0 Å². The number of H-pyrrole nitrogens is 2. The van der Waals surface area contributed by atoms with Crippen molar-refractivity contribution in [1.29, 1.82) is 0 Å². The molecule has 1 aliphatic heterocycles. The number of aryl methyl sites for hydroxylation is 1. The van der Waals surface area contributed by atoms with Gasteiger partial charge in [0.25, 0.3) is 11.8 Å². The molecule has 0 radical (unpaired) electrons. The van der Waals surface area contributed by atoms with Gasteiger partial charge in [0.15, 0.2) is 10.9 Å². The first-order chi connectivity index (χ1) is 17.1. The number of nitrogens with zero attached hydrogens (tertiary/aromatic N) is 4. The molecule has 3 N–H and O–H groups in total. The van der Waals surface area contributed by atoms with Crippen molar-refractivity contribution in [2.24, 2.45) is 0 Å². The second-order valence-corrected chi connectivity index (χ2v) is 8.40. The summed E-state index contributed by atoms with van der Waals surface area (Å²) in [5.74, 6) is -0.310. The average Bonchev–Trinajstić information content (AvgIpc) is 3.57. The minimum atomic E-state index is -0.500. The van der Waals surface area contributed by atoms with Gasteiger partial charge < -0.3 is 4.98 Å². The van der Waals surface area contributed by atoms with Crippen molar-refractivity contribution >= 4 is 35.2 Å². The van der Waals surface area contributed by atoms with Gasteiger partial charge in [-0.25, -0.2) is 5.10 Å². The first-order valence-corrected chi connectivity index (χ1v) is 11.5. The maximum atomic E-state index is 13.1. The SMILES string of the molecule is O=C1NC(=S)N(CCCc2ccccc2)C(=O)/C1=C/c1ccc(-c2ccc(-c3nnn[nH]3)cc2)[nH]1. The van der Waals surface area contributed by atoms with Gasteiger partial charge in [0.2, 0.25) is 0 Å². The van der Waals surface area contributed by atoms with Crippen LogP contribution >= 0.6 is 12.2 Å². The van der Waals surface area contributed by atoms with Crippen LogP contribution < -0.4 is 5.32 Å². The molecule has 2 aromatic carbocycles. The van der Waals surface area contributed by atoms with Gasteiger partial charge in [-0.3, -0.25) is 19.8 Å². The zero-order chi connectivity index (χ0) is 24.2. The molecule has 35 heavy (non-hydrogen) atoms. The number of rotatable bonds is 7. The van der Waals surface area contributed by atoms with Crippen molar-refractivity contribution in [3.05, 3.63) is 83.6 Å². The molecule has 1 fully saturated rings. The Labute approximate surface area is 206 Å². The lowest BCUT2D eigenvalue weighted by molar-refractivity contribution is -0.128. The molecule has 2 aromatic heterocycles. The van der Waals surface area contributed by atoms with E-state index in [-0.39, 0.29) is 10.7 Å². The van der Waals surface area contributed by atoms with Crippen molar-refractivity contribution in [3.63, 3.8) is 0 Å². The molecule has 1 saturated heterocycles. The fourth-order valence-electron chi connectivity index (χ4n) is 3.89. The number of aromatic nitrogens is 5. The van der Waals surface area contributed by atoms with E-state index in [1.165, 1.54) is 10.5 Å². The van der Waals surface area contributed by atoms with Crippen molar-refractivity contribution in [3.8, 4) is 22.6 Å². The maximum Gasteiger partial charge on any atom is 0.265 e. The fourth-order valence-corrected chi connectivity index (χ4v) is 4.16. The molecule has 10 heteroatoms. The number of amides is 2. The lowest BCUT2D eigenvalue weighted by atomic mass is 10.1. The van der Waals surface area contributed by atoms with E-state index in [1.807, 2.05) is 66.7 Å². The smallest absolute Gasteiger partial charge is 0.265 e. The van der Waals surface area contributed by atoms with E-state index in [9.17, 15) is 9.59 Å². The zero-order valence-electron chi connectivity index (χ0n) is 18.6. The van der Waals surface area contributed by atoms with E-state index in [2.05, 4.69) is 30.9 Å². The Morgan fingerprint density at radius 3 is 2.46 bits per heavy atom. The predicted octanol–water partition coefficient (Wildman–Crippen LogP) is 3.12. The Balaban J connectivity index is 1.29. The number of aromatic amines is 2. The molecule has 0 bridgehead atoms. The number of hydrogen-bond donors (Lipinski definition) is 3. The molecule has 0 spiro atoms. The summed E-state index contributed by atoms with van der Waals surface area (Å²) in [6.07, 6.45) is 3.10. The van der Waals surface area contributed by atoms with Crippen LogP contribution in [-0.4, -0.2) is 54.0 Å². The van der Waals surface area contributed by atoms with Gasteiger partial charge in [-0.1, -0.05) is 54.6 Å². The topological polar surface area (TPSA) is 120 Å². The Hall–Kier alpha value is -4.44. The minimum Gasteiger partial charge on any atom is -0.355 e. The van der Waals surface area contributed by atoms with Gasteiger partial charge in [-0.15, -0.1) is 5.10 Å². The van der Waals surface area contributed by atoms with Gasteiger partial charge in [0.1, 0.15) is 5.57 Å². The molecule has 0 aliphatic carbocycles. The number of nitrogens with one attached hydrogen (secondary N) is 3. The van der Waals surface area contributed by atoms with Gasteiger partial charge >= 0.3 is 0 Å². The summed E-state index contributed by atoms with van der Waals surface area (Å²) in [4.78, 5) is 30.3. The molecule has 0 atom stereocenters. The summed E-state index contributed by atoms with van der Waals surface area (Å²) >= 11 is 5.26. The third kappa shape index (κ3) is 4.92. The zero-order valence-corrected chi connectivity index (χ0v) is 19.4. The van der Waals surface area contributed by atoms with E-state index in [4.69, 9.17) is 12.2 Å². The lowest BCUT2D eigenvalue weighted by Crippen LogP contribution is -2.54. The Morgan fingerprint density at radius 1 is 0.943 bits per heavy atom. The van der Waals surface area contributed by atoms with Crippen molar-refractivity contribution < 1.29 is 9.59 Å². The van der Waals surface area contributed by atoms with Crippen molar-refractivity contribution in [2.45, 2.75) is 12.8 Å². The highest BCUT2D eigenvalue weighted by molar-refractivity contribution is 7.80. The Morgan fingerprint density at radius 2 is 1.71 bits per heavy atom. The van der Waals surface area contributed by atoms with E-state index >= 15 is 0 Å². The Bertz CT molecular complexity index is 1390. The summed E-state index contributed by atoms with van der Waals surface area (Å²) < 4.78 is 0. The highest BCUT2D eigenvalue weighted by Gasteiger charge is 2.33. The van der Waals surface area contributed by atoms with Crippen LogP contribution in [0.3, 0.4) is 0 Å². The van der Waals surface area contributed by atoms with Crippen molar-refractivity contribution in [1.82, 2.24) is 35.8 Å². The number of carbonyl (C=O) groups is 2. The monoisotopic (exact) mass is 483 g/mol. The predicted molar refractivity (Wildman–Crippen MR) is 135 cm³/mol. The van der Waals surface area contributed by atoms with E-state index in [0.29, 0.717) is 18.1 Å². The van der Waals surface area contributed by atoms with Crippen molar-refractivity contribution in [2.75, 3.05) is 6.54 Å². The normalized spacial score (nSPS) is 15.0. The maximum absolute atomic E-state index is 13.1. The first-order valence-electron chi connectivity index (χ1n) is 11.0. The number of tetrazole rings is 1. The lowest BCUT2D eigenvalue weighted by Gasteiger charge is -2.28. The standard InChI is InChI=1S/C25H21N7O2S/c33-23-20(24(34)32(25(35)27-23)14-4-7-16-5-2-1-3-6-16)15-19-12-13-21(26-19)17-8-10-18(11-9-17)22-28-30-31-29-22/h1-3,5-6,8-13,15,26H,4,7,14H2,(H,27,33,35)(H,28,29,30,31)/b20-15+. The van der Waals surface area contributed by atoms with Gasteiger partial charge in [0.05, 0.1) is 0 Å². The summed E-state index contributed by atoms with van der Waals surface area (Å²) in [6, 6.07) is 21.4. The summed E-state index contributed by atoms with van der Waals surface area (Å²) in [6.45, 7) is 0.424. The van der Waals surface area contributed by atoms with Gasteiger partial charge in [-0.2, -0.15) is 0 Å². The van der Waals surface area contributed by atoms with Crippen LogP contribution in [0.15, 0.2) is 72.3 Å². The molecule has 0 unspecified atom stereocenters. The largest absolute Gasteiger partial charge is 0.355 e. The van der Waals surface area contributed by atoms with E-state index in [0.717, 1.165) is 29.7 Å². The van der Waals surface area contributed by atoms with Crippen LogP contribution in [0.25, 0.3) is 28.7 Å². The molecular weight excluding hydrogens is 462 g/mol. The molecule has 1 aliphatic rings. The molecule has 174 valence electrons. The minimum absolute atomic E-state index is 0.0416. The average molecular weight is 484 g/mol. The molecule has 0 saturated carbocycles. The first kappa shape index (κ1) is 22.4. The van der Waals surface area contributed by atoms with Crippen LogP contribution in [0.2, 0.25) is 0 Å². The number of thiocarbonyl (C=S) groups is 1. The van der Waals surface area contributed by atoms with Crippen LogP contribution in [0.1, 0.15) is 17.7 Å². The fraction of sp³-hybridized carbons (Fsp3) is 0.120. The third-order valence-electron chi connectivity index (χ3n) is 5.70. The molecule has 4 aromatic rings. The summed E-state index contributed by atoms with van der Waals surface area (Å²) in [5, 5.41) is 16.6. The van der Waals surface area contributed by atoms with Gasteiger partial charge in [0, 0.05) is 23.5 Å². The number of benzene rings is 2. The second-order valence-electron chi connectivity index (χ2n) is 8.02. The second kappa shape index (κ2) is 9.82. The van der Waals surface area contributed by atoms with Gasteiger partial charge in [-0.05, 0) is 64.8 Å². The number of carbonyl (C=O) groups excluding carboxylic acids is 2. The molecule has 5 rings (SSSR count). The van der Waals surface area contributed by atoms with Crippen LogP contribution in [0.4, 0.5) is 0 Å². The van der Waals surface area contributed by atoms with E-state index in [1.54, 1.807) is 6.08 Å². The van der Waals surface area contributed by atoms with Crippen LogP contribution in [-0.2, 0) is 16.0 Å². The van der Waals surface area contributed by atoms with E-state index < -0.39 is 11.8 Å². The van der Waals surface area contributed by atoms with Crippen LogP contribution in [0, 0.1) is 0 Å². The molecular formula is C25H21N7O2S. The molecule has 2 amide bonds.